The lowest BCUT2D eigenvalue weighted by atomic mass is 9.93. The van der Waals surface area contributed by atoms with Crippen LogP contribution in [0, 0.1) is 0 Å². The van der Waals surface area contributed by atoms with E-state index in [1.165, 1.54) is 25.9 Å². The summed E-state index contributed by atoms with van der Waals surface area (Å²) in [5, 5.41) is 0. The standard InChI is InChI=1S/C22H32N2O3/c1-26-20-6-4-5-18(17-20)22(9-10-22)21(25)24-13-7-19(8-14-24)27-16-15-23-11-2-3-12-23/h4-6,17,19H,2-3,7-16H2,1H3. The van der Waals surface area contributed by atoms with E-state index in [9.17, 15) is 4.79 Å². The molecule has 148 valence electrons. The lowest BCUT2D eigenvalue weighted by molar-refractivity contribution is -0.136. The highest BCUT2D eigenvalue weighted by Crippen LogP contribution is 2.50. The number of piperidine rings is 1. The maximum absolute atomic E-state index is 13.2. The van der Waals surface area contributed by atoms with Gasteiger partial charge >= 0.3 is 0 Å². The van der Waals surface area contributed by atoms with Crippen LogP contribution in [0.15, 0.2) is 24.3 Å². The van der Waals surface area contributed by atoms with Crippen molar-refractivity contribution in [3.05, 3.63) is 29.8 Å². The van der Waals surface area contributed by atoms with Gasteiger partial charge in [-0.15, -0.1) is 0 Å². The SMILES string of the molecule is COc1cccc(C2(C(=O)N3CCC(OCCN4CCCC4)CC3)CC2)c1. The fraction of sp³-hybridized carbons (Fsp3) is 0.682. The number of hydrogen-bond donors (Lipinski definition) is 0. The van der Waals surface area contributed by atoms with Crippen molar-refractivity contribution in [2.24, 2.45) is 0 Å². The molecular formula is C22H32N2O3. The number of likely N-dealkylation sites (tertiary alicyclic amines) is 2. The van der Waals surface area contributed by atoms with E-state index in [0.29, 0.717) is 12.0 Å². The summed E-state index contributed by atoms with van der Waals surface area (Å²) in [4.78, 5) is 17.8. The lowest BCUT2D eigenvalue weighted by Gasteiger charge is -2.34. The molecule has 2 heterocycles. The molecule has 0 atom stereocenters. The van der Waals surface area contributed by atoms with Gasteiger partial charge in [0.2, 0.25) is 5.91 Å². The summed E-state index contributed by atoms with van der Waals surface area (Å²) in [7, 11) is 1.68. The van der Waals surface area contributed by atoms with Crippen LogP contribution in [-0.2, 0) is 14.9 Å². The normalized spacial score (nSPS) is 22.8. The van der Waals surface area contributed by atoms with Crippen LogP contribution < -0.4 is 4.74 Å². The topological polar surface area (TPSA) is 42.0 Å². The van der Waals surface area contributed by atoms with Gasteiger partial charge in [0.05, 0.1) is 25.2 Å². The molecule has 0 radical (unpaired) electrons. The van der Waals surface area contributed by atoms with Crippen molar-refractivity contribution in [1.82, 2.24) is 9.80 Å². The van der Waals surface area contributed by atoms with Crippen molar-refractivity contribution in [2.75, 3.05) is 46.4 Å². The molecule has 2 aliphatic heterocycles. The Hall–Kier alpha value is -1.59. The fourth-order valence-corrected chi connectivity index (χ4v) is 4.55. The second-order valence-electron chi connectivity index (χ2n) is 8.23. The Morgan fingerprint density at radius 1 is 1.15 bits per heavy atom. The first-order valence-electron chi connectivity index (χ1n) is 10.5. The van der Waals surface area contributed by atoms with E-state index in [0.717, 1.165) is 63.2 Å². The largest absolute Gasteiger partial charge is 0.497 e. The van der Waals surface area contributed by atoms with Crippen LogP contribution in [0.4, 0.5) is 0 Å². The van der Waals surface area contributed by atoms with Gasteiger partial charge in [-0.2, -0.15) is 0 Å². The quantitative estimate of drug-likeness (QED) is 0.738. The van der Waals surface area contributed by atoms with Crippen molar-refractivity contribution < 1.29 is 14.3 Å². The predicted molar refractivity (Wildman–Crippen MR) is 105 cm³/mol. The first kappa shape index (κ1) is 18.8. The summed E-state index contributed by atoms with van der Waals surface area (Å²) >= 11 is 0. The molecule has 5 nitrogen and oxygen atoms in total. The third-order valence-corrected chi connectivity index (χ3v) is 6.47. The van der Waals surface area contributed by atoms with E-state index in [1.807, 2.05) is 18.2 Å². The number of nitrogens with zero attached hydrogens (tertiary/aromatic N) is 2. The Morgan fingerprint density at radius 2 is 1.89 bits per heavy atom. The highest BCUT2D eigenvalue weighted by Gasteiger charge is 2.53. The molecule has 3 aliphatic rings. The van der Waals surface area contributed by atoms with E-state index in [-0.39, 0.29) is 5.41 Å². The maximum atomic E-state index is 13.2. The number of benzene rings is 1. The van der Waals surface area contributed by atoms with Crippen LogP contribution in [0.25, 0.3) is 0 Å². The highest BCUT2D eigenvalue weighted by molar-refractivity contribution is 5.91. The van der Waals surface area contributed by atoms with Crippen molar-refractivity contribution in [3.63, 3.8) is 0 Å². The average molecular weight is 373 g/mol. The molecule has 0 spiro atoms. The number of ether oxygens (including phenoxy) is 2. The molecule has 2 saturated heterocycles. The monoisotopic (exact) mass is 372 g/mol. The molecule has 1 aromatic carbocycles. The highest BCUT2D eigenvalue weighted by atomic mass is 16.5. The number of amides is 1. The predicted octanol–water partition coefficient (Wildman–Crippen LogP) is 2.83. The minimum absolute atomic E-state index is 0.297. The van der Waals surface area contributed by atoms with Gasteiger partial charge in [-0.3, -0.25) is 4.79 Å². The van der Waals surface area contributed by atoms with Crippen LogP contribution in [-0.4, -0.2) is 68.3 Å². The average Bonchev–Trinajstić information content (AvgIpc) is 3.37. The summed E-state index contributed by atoms with van der Waals surface area (Å²) in [6.45, 7) is 5.97. The lowest BCUT2D eigenvalue weighted by Crippen LogP contribution is -2.45. The molecule has 1 aromatic rings. The van der Waals surface area contributed by atoms with Crippen molar-refractivity contribution in [1.29, 1.82) is 0 Å². The van der Waals surface area contributed by atoms with E-state index in [2.05, 4.69) is 15.9 Å². The molecule has 4 rings (SSSR count). The van der Waals surface area contributed by atoms with Gasteiger partial charge in [-0.05, 0) is 69.3 Å². The Bertz CT molecular complexity index is 645. The number of carbonyl (C=O) groups is 1. The van der Waals surface area contributed by atoms with Gasteiger partial charge < -0.3 is 19.3 Å². The summed E-state index contributed by atoms with van der Waals surface area (Å²) in [5.41, 5.74) is 0.800. The van der Waals surface area contributed by atoms with E-state index in [1.54, 1.807) is 7.11 Å². The van der Waals surface area contributed by atoms with E-state index < -0.39 is 0 Å². The summed E-state index contributed by atoms with van der Waals surface area (Å²) < 4.78 is 11.4. The number of hydrogen-bond acceptors (Lipinski definition) is 4. The van der Waals surface area contributed by atoms with Crippen molar-refractivity contribution >= 4 is 5.91 Å². The first-order chi connectivity index (χ1) is 13.2. The van der Waals surface area contributed by atoms with Gasteiger partial charge in [0.25, 0.3) is 0 Å². The molecule has 0 unspecified atom stereocenters. The van der Waals surface area contributed by atoms with Gasteiger partial charge in [-0.25, -0.2) is 0 Å². The van der Waals surface area contributed by atoms with Gasteiger partial charge in [0.1, 0.15) is 5.75 Å². The van der Waals surface area contributed by atoms with Crippen LogP contribution in [0.5, 0.6) is 5.75 Å². The summed E-state index contributed by atoms with van der Waals surface area (Å²) in [6.07, 6.45) is 6.78. The molecule has 27 heavy (non-hydrogen) atoms. The first-order valence-corrected chi connectivity index (χ1v) is 10.5. The maximum Gasteiger partial charge on any atom is 0.233 e. The van der Waals surface area contributed by atoms with Crippen LogP contribution in [0.1, 0.15) is 44.1 Å². The molecule has 0 N–H and O–H groups in total. The zero-order chi connectivity index (χ0) is 18.7. The van der Waals surface area contributed by atoms with Crippen LogP contribution in [0.3, 0.4) is 0 Å². The summed E-state index contributed by atoms with van der Waals surface area (Å²) in [5.74, 6) is 1.13. The minimum Gasteiger partial charge on any atom is -0.497 e. The molecule has 1 amide bonds. The van der Waals surface area contributed by atoms with Crippen LogP contribution in [0.2, 0.25) is 0 Å². The molecule has 0 aromatic heterocycles. The zero-order valence-corrected chi connectivity index (χ0v) is 16.5. The number of carbonyl (C=O) groups excluding carboxylic acids is 1. The molecular weight excluding hydrogens is 340 g/mol. The second kappa shape index (κ2) is 8.19. The zero-order valence-electron chi connectivity index (χ0n) is 16.5. The van der Waals surface area contributed by atoms with Gasteiger partial charge in [-0.1, -0.05) is 12.1 Å². The molecule has 0 bridgehead atoms. The molecule has 1 aliphatic carbocycles. The Kier molecular flexibility index (Phi) is 5.69. The van der Waals surface area contributed by atoms with E-state index >= 15 is 0 Å². The van der Waals surface area contributed by atoms with Crippen molar-refractivity contribution in [3.8, 4) is 5.75 Å². The van der Waals surface area contributed by atoms with Gasteiger partial charge in [0, 0.05) is 19.6 Å². The second-order valence-corrected chi connectivity index (χ2v) is 8.23. The Balaban J connectivity index is 1.27. The minimum atomic E-state index is -0.308. The Morgan fingerprint density at radius 3 is 2.56 bits per heavy atom. The fourth-order valence-electron chi connectivity index (χ4n) is 4.55. The smallest absolute Gasteiger partial charge is 0.233 e. The van der Waals surface area contributed by atoms with Gasteiger partial charge in [0.15, 0.2) is 0 Å². The third kappa shape index (κ3) is 4.14. The Labute approximate surface area is 162 Å². The number of rotatable bonds is 7. The van der Waals surface area contributed by atoms with E-state index in [4.69, 9.17) is 9.47 Å². The van der Waals surface area contributed by atoms with Crippen LogP contribution >= 0.6 is 0 Å². The summed E-state index contributed by atoms with van der Waals surface area (Å²) in [6, 6.07) is 8.03. The molecule has 3 fully saturated rings. The third-order valence-electron chi connectivity index (χ3n) is 6.47. The molecule has 1 saturated carbocycles. The van der Waals surface area contributed by atoms with Crippen molar-refractivity contribution in [2.45, 2.75) is 50.0 Å². The molecule has 5 heteroatoms. The number of methoxy groups -OCH3 is 1.